The highest BCUT2D eigenvalue weighted by atomic mass is 16.3. The average Bonchev–Trinajstić information content (AvgIpc) is 2.25. The van der Waals surface area contributed by atoms with Crippen molar-refractivity contribution in [1.82, 2.24) is 4.90 Å². The first-order valence-electron chi connectivity index (χ1n) is 6.07. The normalized spacial score (nSPS) is 18.3. The van der Waals surface area contributed by atoms with E-state index in [9.17, 15) is 5.11 Å². The number of allylic oxidation sites excluding steroid dienone is 1. The molecule has 0 aromatic carbocycles. The number of rotatable bonds is 7. The molecule has 0 radical (unpaired) electrons. The lowest BCUT2D eigenvalue weighted by molar-refractivity contribution is 0.0139. The van der Waals surface area contributed by atoms with Gasteiger partial charge in [-0.15, -0.1) is 6.58 Å². The maximum Gasteiger partial charge on any atom is 0.0954 e. The fourth-order valence-corrected chi connectivity index (χ4v) is 1.88. The zero-order valence-corrected chi connectivity index (χ0v) is 11.5. The molecule has 2 unspecified atom stereocenters. The maximum atomic E-state index is 10.3. The molecule has 2 nitrogen and oxygen atoms in total. The van der Waals surface area contributed by atoms with Crippen LogP contribution in [0.4, 0.5) is 0 Å². The van der Waals surface area contributed by atoms with Gasteiger partial charge in [0.05, 0.1) is 5.60 Å². The zero-order chi connectivity index (χ0) is 12.8. The van der Waals surface area contributed by atoms with Gasteiger partial charge in [-0.1, -0.05) is 24.6 Å². The van der Waals surface area contributed by atoms with Crippen LogP contribution in [0.1, 0.15) is 40.5 Å². The van der Waals surface area contributed by atoms with E-state index < -0.39 is 5.60 Å². The number of hydrogen-bond donors (Lipinski definition) is 1. The Kier molecular flexibility index (Phi) is 6.61. The summed E-state index contributed by atoms with van der Waals surface area (Å²) in [6, 6.07) is 0.0983. The third-order valence-electron chi connectivity index (χ3n) is 3.20. The van der Waals surface area contributed by atoms with Crippen molar-refractivity contribution in [2.24, 2.45) is 0 Å². The molecule has 0 aromatic rings. The zero-order valence-electron chi connectivity index (χ0n) is 11.5. The molecule has 0 heterocycles. The van der Waals surface area contributed by atoms with Crippen LogP contribution < -0.4 is 0 Å². The maximum absolute atomic E-state index is 10.3. The van der Waals surface area contributed by atoms with Gasteiger partial charge in [0, 0.05) is 6.04 Å². The van der Waals surface area contributed by atoms with E-state index in [0.717, 1.165) is 19.4 Å². The summed E-state index contributed by atoms with van der Waals surface area (Å²) in [7, 11) is 2.06. The third-order valence-corrected chi connectivity index (χ3v) is 3.20. The molecule has 0 saturated carbocycles. The van der Waals surface area contributed by atoms with Gasteiger partial charge >= 0.3 is 0 Å². The SMILES string of the molecule is C=CC(C)(O)C(CC(C)=CC)N(C)CCC. The van der Waals surface area contributed by atoms with Crippen molar-refractivity contribution in [3.63, 3.8) is 0 Å². The summed E-state index contributed by atoms with van der Waals surface area (Å²) < 4.78 is 0. The van der Waals surface area contributed by atoms with Crippen molar-refractivity contribution in [2.45, 2.75) is 52.2 Å². The van der Waals surface area contributed by atoms with Gasteiger partial charge in [0.2, 0.25) is 0 Å². The molecule has 0 aliphatic carbocycles. The summed E-state index contributed by atoms with van der Waals surface area (Å²) in [5.74, 6) is 0. The summed E-state index contributed by atoms with van der Waals surface area (Å²) in [6.07, 6.45) is 5.72. The Labute approximate surface area is 101 Å². The monoisotopic (exact) mass is 225 g/mol. The lowest BCUT2D eigenvalue weighted by Gasteiger charge is -2.37. The quantitative estimate of drug-likeness (QED) is 0.673. The van der Waals surface area contributed by atoms with Gasteiger partial charge in [-0.05, 0) is 47.2 Å². The highest BCUT2D eigenvalue weighted by molar-refractivity contribution is 5.08. The van der Waals surface area contributed by atoms with E-state index in [1.165, 1.54) is 5.57 Å². The van der Waals surface area contributed by atoms with Crippen LogP contribution in [0.3, 0.4) is 0 Å². The van der Waals surface area contributed by atoms with Crippen LogP contribution in [0.15, 0.2) is 24.3 Å². The topological polar surface area (TPSA) is 23.5 Å². The van der Waals surface area contributed by atoms with Gasteiger partial charge in [-0.2, -0.15) is 0 Å². The van der Waals surface area contributed by atoms with Crippen molar-refractivity contribution in [2.75, 3.05) is 13.6 Å². The number of nitrogens with zero attached hydrogens (tertiary/aromatic N) is 1. The van der Waals surface area contributed by atoms with Crippen molar-refractivity contribution in [1.29, 1.82) is 0 Å². The molecule has 0 saturated heterocycles. The predicted octanol–water partition coefficient (Wildman–Crippen LogP) is 2.99. The number of likely N-dealkylation sites (N-methyl/N-ethyl adjacent to an activating group) is 1. The molecule has 0 aliphatic heterocycles. The fraction of sp³-hybridized carbons (Fsp3) is 0.714. The number of hydrogen-bond acceptors (Lipinski definition) is 2. The van der Waals surface area contributed by atoms with Crippen LogP contribution in [-0.4, -0.2) is 35.2 Å². The molecule has 0 amide bonds. The first kappa shape index (κ1) is 15.4. The Hall–Kier alpha value is -0.600. The van der Waals surface area contributed by atoms with Gasteiger partial charge in [-0.25, -0.2) is 0 Å². The first-order valence-corrected chi connectivity index (χ1v) is 6.07. The largest absolute Gasteiger partial charge is 0.384 e. The lowest BCUT2D eigenvalue weighted by atomic mass is 9.89. The molecule has 0 fully saturated rings. The Morgan fingerprint density at radius 2 is 2.12 bits per heavy atom. The smallest absolute Gasteiger partial charge is 0.0954 e. The molecular formula is C14H27NO. The van der Waals surface area contributed by atoms with Gasteiger partial charge in [-0.3, -0.25) is 4.90 Å². The van der Waals surface area contributed by atoms with Crippen LogP contribution in [0.5, 0.6) is 0 Å². The highest BCUT2D eigenvalue weighted by Gasteiger charge is 2.31. The summed E-state index contributed by atoms with van der Waals surface area (Å²) >= 11 is 0. The van der Waals surface area contributed by atoms with Crippen LogP contribution in [0.2, 0.25) is 0 Å². The Bertz CT molecular complexity index is 243. The fourth-order valence-electron chi connectivity index (χ4n) is 1.88. The second-order valence-electron chi connectivity index (χ2n) is 4.77. The molecule has 1 N–H and O–H groups in total. The Morgan fingerprint density at radius 3 is 2.50 bits per heavy atom. The van der Waals surface area contributed by atoms with E-state index in [1.807, 2.05) is 13.8 Å². The van der Waals surface area contributed by atoms with Crippen LogP contribution >= 0.6 is 0 Å². The second kappa shape index (κ2) is 6.87. The second-order valence-corrected chi connectivity index (χ2v) is 4.77. The van der Waals surface area contributed by atoms with Crippen molar-refractivity contribution in [3.8, 4) is 0 Å². The molecule has 0 aromatic heterocycles. The molecule has 16 heavy (non-hydrogen) atoms. The number of aliphatic hydroxyl groups is 1. The molecule has 0 spiro atoms. The van der Waals surface area contributed by atoms with Crippen molar-refractivity contribution >= 4 is 0 Å². The predicted molar refractivity (Wildman–Crippen MR) is 71.6 cm³/mol. The minimum absolute atomic E-state index is 0.0983. The van der Waals surface area contributed by atoms with Crippen LogP contribution in [-0.2, 0) is 0 Å². The van der Waals surface area contributed by atoms with Crippen molar-refractivity contribution < 1.29 is 5.11 Å². The van der Waals surface area contributed by atoms with Gasteiger partial charge in [0.15, 0.2) is 0 Å². The van der Waals surface area contributed by atoms with E-state index in [1.54, 1.807) is 6.08 Å². The van der Waals surface area contributed by atoms with E-state index in [0.29, 0.717) is 0 Å². The average molecular weight is 225 g/mol. The molecule has 0 aliphatic rings. The first-order chi connectivity index (χ1) is 7.38. The van der Waals surface area contributed by atoms with E-state index >= 15 is 0 Å². The molecular weight excluding hydrogens is 198 g/mol. The molecule has 0 bridgehead atoms. The van der Waals surface area contributed by atoms with E-state index in [2.05, 4.69) is 38.5 Å². The van der Waals surface area contributed by atoms with Crippen molar-refractivity contribution in [3.05, 3.63) is 24.3 Å². The Balaban J connectivity index is 4.82. The molecule has 94 valence electrons. The standard InChI is InChI=1S/C14H27NO/c1-7-10-15(6)13(11-12(4)8-2)14(5,16)9-3/h8-9,13,16H,3,7,10-11H2,1-2,4-6H3. The molecule has 0 rings (SSSR count). The van der Waals surface area contributed by atoms with Gasteiger partial charge in [0.1, 0.15) is 0 Å². The van der Waals surface area contributed by atoms with Crippen LogP contribution in [0.25, 0.3) is 0 Å². The highest BCUT2D eigenvalue weighted by Crippen LogP contribution is 2.23. The molecule has 2 atom stereocenters. The third kappa shape index (κ3) is 4.50. The summed E-state index contributed by atoms with van der Waals surface area (Å²) in [5.41, 5.74) is 0.462. The lowest BCUT2D eigenvalue weighted by Crippen LogP contribution is -2.48. The summed E-state index contributed by atoms with van der Waals surface area (Å²) in [4.78, 5) is 2.22. The summed E-state index contributed by atoms with van der Waals surface area (Å²) in [6.45, 7) is 12.8. The van der Waals surface area contributed by atoms with Gasteiger partial charge in [0.25, 0.3) is 0 Å². The van der Waals surface area contributed by atoms with E-state index in [4.69, 9.17) is 0 Å². The minimum Gasteiger partial charge on any atom is -0.384 e. The van der Waals surface area contributed by atoms with Crippen LogP contribution in [0, 0.1) is 0 Å². The van der Waals surface area contributed by atoms with E-state index in [-0.39, 0.29) is 6.04 Å². The minimum atomic E-state index is -0.839. The molecule has 2 heteroatoms. The van der Waals surface area contributed by atoms with Gasteiger partial charge < -0.3 is 5.11 Å². The Morgan fingerprint density at radius 1 is 1.56 bits per heavy atom. The summed E-state index contributed by atoms with van der Waals surface area (Å²) in [5, 5.41) is 10.3.